The van der Waals surface area contributed by atoms with Crippen molar-refractivity contribution in [2.45, 2.75) is 11.3 Å². The topological polar surface area (TPSA) is 98.5 Å². The lowest BCUT2D eigenvalue weighted by atomic mass is 10.2. The third-order valence-corrected chi connectivity index (χ3v) is 4.87. The first-order chi connectivity index (χ1) is 12.5. The second-order valence-electron chi connectivity index (χ2n) is 5.32. The van der Waals surface area contributed by atoms with E-state index in [1.165, 1.54) is 19.2 Å². The lowest BCUT2D eigenvalue weighted by Gasteiger charge is -2.06. The van der Waals surface area contributed by atoms with Crippen LogP contribution in [0.1, 0.15) is 5.89 Å². The van der Waals surface area contributed by atoms with E-state index >= 15 is 0 Å². The monoisotopic (exact) mass is 372 g/mol. The molecule has 8 heteroatoms. The fourth-order valence-electron chi connectivity index (χ4n) is 2.28. The molecule has 2 aromatic carbocycles. The first-order valence-corrected chi connectivity index (χ1v) is 9.18. The molecule has 0 saturated carbocycles. The maximum Gasteiger partial charge on any atom is 0.314 e. The van der Waals surface area contributed by atoms with Gasteiger partial charge >= 0.3 is 5.97 Å². The normalized spacial score (nSPS) is 11.1. The van der Waals surface area contributed by atoms with E-state index in [2.05, 4.69) is 14.4 Å². The van der Waals surface area contributed by atoms with Crippen molar-refractivity contribution in [1.29, 1.82) is 0 Å². The molecule has 1 N–H and O–H groups in total. The van der Waals surface area contributed by atoms with Crippen LogP contribution in [-0.4, -0.2) is 26.5 Å². The van der Waals surface area contributed by atoms with E-state index in [1.54, 1.807) is 42.5 Å². The number of carbonyl (C=O) groups excluding carboxylic acids is 1. The van der Waals surface area contributed by atoms with Crippen molar-refractivity contribution in [2.75, 3.05) is 11.8 Å². The van der Waals surface area contributed by atoms with Crippen molar-refractivity contribution in [2.24, 2.45) is 0 Å². The Balaban J connectivity index is 2.01. The second-order valence-corrected chi connectivity index (χ2v) is 7.01. The summed E-state index contributed by atoms with van der Waals surface area (Å²) in [6, 6.07) is 16.8. The molecule has 0 radical (unpaired) electrons. The van der Waals surface area contributed by atoms with Crippen molar-refractivity contribution in [3.8, 4) is 11.3 Å². The maximum absolute atomic E-state index is 12.6. The van der Waals surface area contributed by atoms with E-state index in [4.69, 9.17) is 4.42 Å². The summed E-state index contributed by atoms with van der Waals surface area (Å²) in [4.78, 5) is 15.8. The summed E-state index contributed by atoms with van der Waals surface area (Å²) < 4.78 is 37.7. The highest BCUT2D eigenvalue weighted by atomic mass is 32.2. The predicted octanol–water partition coefficient (Wildman–Crippen LogP) is 2.86. The maximum atomic E-state index is 12.6. The number of benzene rings is 2. The highest BCUT2D eigenvalue weighted by molar-refractivity contribution is 7.92. The van der Waals surface area contributed by atoms with Gasteiger partial charge in [-0.2, -0.15) is 0 Å². The van der Waals surface area contributed by atoms with Gasteiger partial charge < -0.3 is 9.15 Å². The zero-order valence-electron chi connectivity index (χ0n) is 13.9. The Labute approximate surface area is 150 Å². The van der Waals surface area contributed by atoms with Crippen LogP contribution in [-0.2, 0) is 26.0 Å². The number of hydrogen-bond acceptors (Lipinski definition) is 6. The SMILES string of the molecule is COC(=O)Cc1nc(-c2ccccc2)c(NS(=O)(=O)c2ccccc2)o1. The molecule has 0 aliphatic carbocycles. The minimum absolute atomic E-state index is 0.0565. The molecule has 0 aliphatic heterocycles. The molecule has 1 aromatic heterocycles. The zero-order valence-corrected chi connectivity index (χ0v) is 14.7. The number of sulfonamides is 1. The van der Waals surface area contributed by atoms with Crippen LogP contribution < -0.4 is 4.72 Å². The summed E-state index contributed by atoms with van der Waals surface area (Å²) in [6.07, 6.45) is -0.205. The van der Waals surface area contributed by atoms with E-state index in [9.17, 15) is 13.2 Å². The Bertz CT molecular complexity index is 999. The summed E-state index contributed by atoms with van der Waals surface area (Å²) in [5.41, 5.74) is 0.946. The lowest BCUT2D eigenvalue weighted by Crippen LogP contribution is -2.12. The highest BCUT2D eigenvalue weighted by Crippen LogP contribution is 2.30. The van der Waals surface area contributed by atoms with Crippen LogP contribution in [0.4, 0.5) is 5.88 Å². The number of carbonyl (C=O) groups is 1. The number of esters is 1. The van der Waals surface area contributed by atoms with Gasteiger partial charge in [-0.15, -0.1) is 0 Å². The average molecular weight is 372 g/mol. The minimum atomic E-state index is -3.86. The molecule has 3 rings (SSSR count). The lowest BCUT2D eigenvalue weighted by molar-refractivity contribution is -0.140. The summed E-state index contributed by atoms with van der Waals surface area (Å²) in [5, 5.41) is 0. The van der Waals surface area contributed by atoms with Gasteiger partial charge in [-0.25, -0.2) is 18.1 Å². The minimum Gasteiger partial charge on any atom is -0.469 e. The van der Waals surface area contributed by atoms with Gasteiger partial charge in [0.2, 0.25) is 11.8 Å². The van der Waals surface area contributed by atoms with E-state index < -0.39 is 16.0 Å². The second kappa shape index (κ2) is 7.40. The van der Waals surface area contributed by atoms with Crippen LogP contribution in [0.15, 0.2) is 70.0 Å². The number of rotatable bonds is 6. The number of hydrogen-bond donors (Lipinski definition) is 1. The van der Waals surface area contributed by atoms with Crippen LogP contribution in [0.25, 0.3) is 11.3 Å². The fourth-order valence-corrected chi connectivity index (χ4v) is 3.29. The molecule has 0 amide bonds. The van der Waals surface area contributed by atoms with Crippen LogP contribution >= 0.6 is 0 Å². The summed E-state index contributed by atoms with van der Waals surface area (Å²) >= 11 is 0. The Kier molecular flexibility index (Phi) is 5.04. The van der Waals surface area contributed by atoms with Crippen LogP contribution in [0.3, 0.4) is 0 Å². The number of ether oxygens (including phenoxy) is 1. The van der Waals surface area contributed by atoms with Gasteiger partial charge in [0.1, 0.15) is 12.1 Å². The molecule has 134 valence electrons. The number of nitrogens with zero attached hydrogens (tertiary/aromatic N) is 1. The van der Waals surface area contributed by atoms with Gasteiger partial charge in [0.15, 0.2) is 0 Å². The summed E-state index contributed by atoms with van der Waals surface area (Å²) in [7, 11) is -2.61. The molecule has 0 bridgehead atoms. The van der Waals surface area contributed by atoms with Crippen LogP contribution in [0.5, 0.6) is 0 Å². The Morgan fingerprint density at radius 2 is 1.69 bits per heavy atom. The van der Waals surface area contributed by atoms with Gasteiger partial charge in [0.25, 0.3) is 10.0 Å². The van der Waals surface area contributed by atoms with Crippen molar-refractivity contribution in [3.05, 3.63) is 66.6 Å². The smallest absolute Gasteiger partial charge is 0.314 e. The van der Waals surface area contributed by atoms with Gasteiger partial charge in [-0.1, -0.05) is 48.5 Å². The Morgan fingerprint density at radius 1 is 1.08 bits per heavy atom. The molecule has 0 unspecified atom stereocenters. The molecule has 7 nitrogen and oxygen atoms in total. The van der Waals surface area contributed by atoms with Gasteiger partial charge in [-0.05, 0) is 12.1 Å². The fraction of sp³-hybridized carbons (Fsp3) is 0.111. The number of anilines is 1. The summed E-state index contributed by atoms with van der Waals surface area (Å²) in [5.74, 6) is -0.538. The molecular formula is C18H16N2O5S. The summed E-state index contributed by atoms with van der Waals surface area (Å²) in [6.45, 7) is 0. The molecule has 0 spiro atoms. The third kappa shape index (κ3) is 3.92. The van der Waals surface area contributed by atoms with Crippen molar-refractivity contribution in [1.82, 2.24) is 4.98 Å². The Hall–Kier alpha value is -3.13. The van der Waals surface area contributed by atoms with Crippen molar-refractivity contribution >= 4 is 21.9 Å². The number of methoxy groups -OCH3 is 1. The molecule has 26 heavy (non-hydrogen) atoms. The van der Waals surface area contributed by atoms with E-state index in [0.29, 0.717) is 11.3 Å². The van der Waals surface area contributed by atoms with Gasteiger partial charge in [0.05, 0.1) is 12.0 Å². The van der Waals surface area contributed by atoms with Gasteiger partial charge in [0, 0.05) is 5.56 Å². The number of aromatic nitrogens is 1. The third-order valence-electron chi connectivity index (χ3n) is 3.52. The van der Waals surface area contributed by atoms with Crippen LogP contribution in [0.2, 0.25) is 0 Å². The Morgan fingerprint density at radius 3 is 2.31 bits per heavy atom. The first kappa shape index (κ1) is 17.7. The van der Waals surface area contributed by atoms with Crippen LogP contribution in [0, 0.1) is 0 Å². The molecule has 0 aliphatic rings. The van der Waals surface area contributed by atoms with E-state index in [0.717, 1.165) is 0 Å². The molecular weight excluding hydrogens is 356 g/mol. The molecule has 0 atom stereocenters. The number of nitrogens with one attached hydrogen (secondary N) is 1. The first-order valence-electron chi connectivity index (χ1n) is 7.69. The van der Waals surface area contributed by atoms with Crippen molar-refractivity contribution < 1.29 is 22.4 Å². The van der Waals surface area contributed by atoms with E-state index in [-0.39, 0.29) is 23.1 Å². The average Bonchev–Trinajstić information content (AvgIpc) is 3.04. The molecule has 1 heterocycles. The molecule has 0 saturated heterocycles. The highest BCUT2D eigenvalue weighted by Gasteiger charge is 2.23. The zero-order chi connectivity index (χ0) is 18.6. The molecule has 3 aromatic rings. The van der Waals surface area contributed by atoms with E-state index in [1.807, 2.05) is 6.07 Å². The quantitative estimate of drug-likeness (QED) is 0.668. The predicted molar refractivity (Wildman–Crippen MR) is 94.9 cm³/mol. The van der Waals surface area contributed by atoms with Crippen molar-refractivity contribution in [3.63, 3.8) is 0 Å². The largest absolute Gasteiger partial charge is 0.469 e. The molecule has 0 fully saturated rings. The van der Waals surface area contributed by atoms with Gasteiger partial charge in [-0.3, -0.25) is 4.79 Å². The number of oxazole rings is 1. The standard InChI is InChI=1S/C18H16N2O5S/c1-24-16(21)12-15-19-17(13-8-4-2-5-9-13)18(25-15)20-26(22,23)14-10-6-3-7-11-14/h2-11,20H,12H2,1H3.